The molecule has 1 heteroatoms. The highest BCUT2D eigenvalue weighted by molar-refractivity contribution is 7.75. The molecule has 1 saturated heterocycles. The Morgan fingerprint density at radius 3 is 2.59 bits per heavy atom. The molecular formula is C16H21P. The van der Waals surface area contributed by atoms with E-state index in [0.717, 1.165) is 0 Å². The Morgan fingerprint density at radius 1 is 1.00 bits per heavy atom. The van der Waals surface area contributed by atoms with Crippen molar-refractivity contribution >= 4 is 13.2 Å². The van der Waals surface area contributed by atoms with E-state index in [4.69, 9.17) is 0 Å². The Morgan fingerprint density at radius 2 is 1.76 bits per heavy atom. The summed E-state index contributed by atoms with van der Waals surface area (Å²) in [4.78, 5) is 0. The Bertz CT molecular complexity index is 409. The molecule has 0 radical (unpaired) electrons. The van der Waals surface area contributed by atoms with Crippen molar-refractivity contribution in [3.63, 3.8) is 0 Å². The third-order valence-electron chi connectivity index (χ3n) is 4.38. The molecule has 1 aromatic rings. The van der Waals surface area contributed by atoms with Gasteiger partial charge in [-0.05, 0) is 30.7 Å². The molecule has 0 aromatic heterocycles. The Hall–Kier alpha value is -0.610. The van der Waals surface area contributed by atoms with E-state index in [2.05, 4.69) is 36.9 Å². The minimum atomic E-state index is 0.0842. The maximum Gasteiger partial charge on any atom is 0.0194 e. The number of hydrogen-bond donors (Lipinski definition) is 0. The molecule has 0 nitrogen and oxygen atoms in total. The predicted molar refractivity (Wildman–Crippen MR) is 77.4 cm³/mol. The van der Waals surface area contributed by atoms with E-state index in [1.165, 1.54) is 44.7 Å². The lowest BCUT2D eigenvalue weighted by Crippen LogP contribution is -2.16. The van der Waals surface area contributed by atoms with Gasteiger partial charge in [-0.1, -0.05) is 69.7 Å². The highest BCUT2D eigenvalue weighted by Crippen LogP contribution is 2.73. The summed E-state index contributed by atoms with van der Waals surface area (Å²) < 4.78 is 0. The largest absolute Gasteiger partial charge is 0.0989 e. The van der Waals surface area contributed by atoms with Gasteiger partial charge in [0.15, 0.2) is 0 Å². The van der Waals surface area contributed by atoms with E-state index in [1.807, 2.05) is 0 Å². The minimum Gasteiger partial charge on any atom is -0.0989 e. The van der Waals surface area contributed by atoms with Gasteiger partial charge in [0, 0.05) is 5.16 Å². The average Bonchev–Trinajstić information content (AvgIpc) is 3.09. The van der Waals surface area contributed by atoms with Gasteiger partial charge in [0.2, 0.25) is 0 Å². The molecule has 1 spiro atoms. The fraction of sp³-hybridized carbons (Fsp3) is 0.500. The molecule has 3 rings (SSSR count). The van der Waals surface area contributed by atoms with E-state index in [9.17, 15) is 0 Å². The molecule has 2 atom stereocenters. The third kappa shape index (κ3) is 2.08. The lowest BCUT2D eigenvalue weighted by Gasteiger charge is -2.23. The van der Waals surface area contributed by atoms with Crippen molar-refractivity contribution in [1.82, 2.24) is 0 Å². The minimum absolute atomic E-state index is 0.0842. The molecule has 1 aliphatic carbocycles. The topological polar surface area (TPSA) is 0 Å². The monoisotopic (exact) mass is 244 g/mol. The summed E-state index contributed by atoms with van der Waals surface area (Å²) in [7, 11) is 0.0842. The molecule has 1 aromatic carbocycles. The van der Waals surface area contributed by atoms with Crippen LogP contribution in [0.3, 0.4) is 0 Å². The Balaban J connectivity index is 1.81. The molecule has 90 valence electrons. The SMILES string of the molecule is C=C1CCCCCCC12CP2c1ccccc1. The van der Waals surface area contributed by atoms with E-state index in [1.54, 1.807) is 10.9 Å². The molecule has 1 heterocycles. The van der Waals surface area contributed by atoms with E-state index in [0.29, 0.717) is 5.16 Å². The van der Waals surface area contributed by atoms with Crippen LogP contribution < -0.4 is 5.30 Å². The van der Waals surface area contributed by atoms with Crippen molar-refractivity contribution in [2.24, 2.45) is 0 Å². The molecule has 0 N–H and O–H groups in total. The van der Waals surface area contributed by atoms with Gasteiger partial charge in [-0.3, -0.25) is 0 Å². The number of rotatable bonds is 1. The maximum absolute atomic E-state index is 4.42. The number of benzene rings is 1. The van der Waals surface area contributed by atoms with Crippen molar-refractivity contribution in [3.05, 3.63) is 42.5 Å². The van der Waals surface area contributed by atoms with Crippen molar-refractivity contribution in [2.45, 2.75) is 43.7 Å². The number of allylic oxidation sites excluding steroid dienone is 1. The van der Waals surface area contributed by atoms with Gasteiger partial charge in [-0.2, -0.15) is 0 Å². The maximum atomic E-state index is 4.42. The second-order valence-corrected chi connectivity index (χ2v) is 8.02. The van der Waals surface area contributed by atoms with Crippen LogP contribution in [0, 0.1) is 0 Å². The first-order valence-corrected chi connectivity index (χ1v) is 8.37. The van der Waals surface area contributed by atoms with Crippen LogP contribution in [0.4, 0.5) is 0 Å². The van der Waals surface area contributed by atoms with Crippen LogP contribution in [0.2, 0.25) is 0 Å². The van der Waals surface area contributed by atoms with Crippen LogP contribution in [0.1, 0.15) is 38.5 Å². The highest BCUT2D eigenvalue weighted by Gasteiger charge is 2.55. The van der Waals surface area contributed by atoms with Gasteiger partial charge < -0.3 is 0 Å². The van der Waals surface area contributed by atoms with Crippen LogP contribution in [-0.2, 0) is 0 Å². The molecule has 2 unspecified atom stereocenters. The third-order valence-corrected chi connectivity index (χ3v) is 7.50. The van der Waals surface area contributed by atoms with E-state index in [-0.39, 0.29) is 7.92 Å². The van der Waals surface area contributed by atoms with E-state index >= 15 is 0 Å². The molecule has 17 heavy (non-hydrogen) atoms. The first kappa shape index (κ1) is 11.5. The zero-order valence-electron chi connectivity index (χ0n) is 10.5. The van der Waals surface area contributed by atoms with Gasteiger partial charge >= 0.3 is 0 Å². The van der Waals surface area contributed by atoms with Gasteiger partial charge in [-0.25, -0.2) is 0 Å². The standard InChI is InChI=1S/C16H21P/c1-14-9-5-2-3-8-12-16(14)13-17(16)15-10-6-4-7-11-15/h4,6-7,10-11H,1-3,5,8-9,12-13H2. The second kappa shape index (κ2) is 4.58. The smallest absolute Gasteiger partial charge is 0.0194 e. The summed E-state index contributed by atoms with van der Waals surface area (Å²) in [6.45, 7) is 4.42. The summed E-state index contributed by atoms with van der Waals surface area (Å²) in [6, 6.07) is 11.2. The lowest BCUT2D eigenvalue weighted by atomic mass is 9.89. The summed E-state index contributed by atoms with van der Waals surface area (Å²) >= 11 is 0. The van der Waals surface area contributed by atoms with Gasteiger partial charge in [0.1, 0.15) is 0 Å². The van der Waals surface area contributed by atoms with Crippen molar-refractivity contribution in [1.29, 1.82) is 0 Å². The summed E-state index contributed by atoms with van der Waals surface area (Å²) in [5.74, 6) is 0. The van der Waals surface area contributed by atoms with Crippen molar-refractivity contribution < 1.29 is 0 Å². The molecule has 2 aliphatic rings. The Labute approximate surface area is 106 Å². The summed E-state index contributed by atoms with van der Waals surface area (Å²) in [6.07, 6.45) is 9.76. The zero-order chi connectivity index (χ0) is 11.7. The zero-order valence-corrected chi connectivity index (χ0v) is 11.4. The first-order valence-electron chi connectivity index (χ1n) is 6.84. The summed E-state index contributed by atoms with van der Waals surface area (Å²) in [5, 5.41) is 2.15. The van der Waals surface area contributed by atoms with Gasteiger partial charge in [-0.15, -0.1) is 0 Å². The molecule has 0 amide bonds. The fourth-order valence-electron chi connectivity index (χ4n) is 3.21. The molecule has 0 bridgehead atoms. The normalized spacial score (nSPS) is 33.2. The quantitative estimate of drug-likeness (QED) is 0.505. The van der Waals surface area contributed by atoms with Crippen LogP contribution in [0.25, 0.3) is 0 Å². The average molecular weight is 244 g/mol. The van der Waals surface area contributed by atoms with Gasteiger partial charge in [0.25, 0.3) is 0 Å². The van der Waals surface area contributed by atoms with Crippen LogP contribution in [0.15, 0.2) is 42.5 Å². The highest BCUT2D eigenvalue weighted by atomic mass is 31.1. The number of hydrogen-bond acceptors (Lipinski definition) is 0. The van der Waals surface area contributed by atoms with Crippen molar-refractivity contribution in [3.8, 4) is 0 Å². The molecule has 2 fully saturated rings. The van der Waals surface area contributed by atoms with E-state index < -0.39 is 0 Å². The Kier molecular flexibility index (Phi) is 3.09. The van der Waals surface area contributed by atoms with Crippen molar-refractivity contribution in [2.75, 3.05) is 6.16 Å². The molecule has 1 aliphatic heterocycles. The fourth-order valence-corrected chi connectivity index (χ4v) is 6.38. The van der Waals surface area contributed by atoms with Gasteiger partial charge in [0.05, 0.1) is 0 Å². The van der Waals surface area contributed by atoms with Crippen LogP contribution in [0.5, 0.6) is 0 Å². The predicted octanol–water partition coefficient (Wildman–Crippen LogP) is 4.46. The lowest BCUT2D eigenvalue weighted by molar-refractivity contribution is 0.538. The second-order valence-electron chi connectivity index (χ2n) is 5.47. The first-order chi connectivity index (χ1) is 8.33. The molecular weight excluding hydrogens is 223 g/mol. The van der Waals surface area contributed by atoms with Crippen LogP contribution in [-0.4, -0.2) is 11.3 Å². The summed E-state index contributed by atoms with van der Waals surface area (Å²) in [5.41, 5.74) is 1.58. The van der Waals surface area contributed by atoms with Crippen LogP contribution >= 0.6 is 7.92 Å². The molecule has 1 saturated carbocycles.